The largest absolute Gasteiger partial charge is 0.497 e. The van der Waals surface area contributed by atoms with E-state index < -0.39 is 0 Å². The van der Waals surface area contributed by atoms with Gasteiger partial charge in [-0.1, -0.05) is 25.5 Å². The molecule has 1 N–H and O–H groups in total. The zero-order valence-corrected chi connectivity index (χ0v) is 14.3. The van der Waals surface area contributed by atoms with Crippen LogP contribution in [0.3, 0.4) is 0 Å². The minimum atomic E-state index is 0.226. The molecule has 4 nitrogen and oxygen atoms in total. The molecule has 3 rings (SSSR count). The standard InChI is InChI=1S/C19H28N2O2/c1-14(15-6-8-17(23-2)9-7-15)13-21-10-4-3-5-18(21)16-11-19(22)20-12-16/h6-9,14,16,18H,3-5,10-13H2,1-2H3,(H,20,22)/t14-,16-,18+/m1/s1. The maximum absolute atomic E-state index is 11.6. The Kier molecular flexibility index (Phi) is 5.21. The van der Waals surface area contributed by atoms with Crippen molar-refractivity contribution in [3.05, 3.63) is 29.8 Å². The minimum absolute atomic E-state index is 0.226. The number of amides is 1. The Bertz CT molecular complexity index is 529. The first-order valence-corrected chi connectivity index (χ1v) is 8.82. The van der Waals surface area contributed by atoms with Crippen molar-refractivity contribution in [1.29, 1.82) is 0 Å². The van der Waals surface area contributed by atoms with Gasteiger partial charge in [0.05, 0.1) is 7.11 Å². The highest BCUT2D eigenvalue weighted by Crippen LogP contribution is 2.30. The van der Waals surface area contributed by atoms with E-state index in [-0.39, 0.29) is 5.91 Å². The van der Waals surface area contributed by atoms with E-state index in [2.05, 4.69) is 29.3 Å². The molecule has 3 atom stereocenters. The predicted molar refractivity (Wildman–Crippen MR) is 91.7 cm³/mol. The molecule has 2 fully saturated rings. The van der Waals surface area contributed by atoms with Gasteiger partial charge in [0.1, 0.15) is 5.75 Å². The van der Waals surface area contributed by atoms with E-state index in [0.717, 1.165) is 25.4 Å². The fraction of sp³-hybridized carbons (Fsp3) is 0.632. The van der Waals surface area contributed by atoms with E-state index in [1.807, 2.05) is 12.1 Å². The third kappa shape index (κ3) is 3.86. The maximum atomic E-state index is 11.6. The molecule has 1 aromatic rings. The molecule has 1 aromatic carbocycles. The smallest absolute Gasteiger partial charge is 0.220 e. The molecule has 2 aliphatic rings. The number of hydrogen-bond acceptors (Lipinski definition) is 3. The van der Waals surface area contributed by atoms with Crippen LogP contribution in [0.5, 0.6) is 5.75 Å². The molecule has 0 aromatic heterocycles. The third-order valence-electron chi connectivity index (χ3n) is 5.41. The first kappa shape index (κ1) is 16.3. The van der Waals surface area contributed by atoms with E-state index in [1.165, 1.54) is 24.8 Å². The highest BCUT2D eigenvalue weighted by molar-refractivity contribution is 5.78. The van der Waals surface area contributed by atoms with Crippen LogP contribution in [0.2, 0.25) is 0 Å². The van der Waals surface area contributed by atoms with E-state index in [0.29, 0.717) is 24.3 Å². The molecule has 0 unspecified atom stereocenters. The molecule has 0 bridgehead atoms. The number of rotatable bonds is 5. The molecule has 2 aliphatic heterocycles. The number of piperidine rings is 1. The van der Waals surface area contributed by atoms with Crippen molar-refractivity contribution in [2.24, 2.45) is 5.92 Å². The summed E-state index contributed by atoms with van der Waals surface area (Å²) in [6, 6.07) is 8.98. The van der Waals surface area contributed by atoms with Gasteiger partial charge in [0.15, 0.2) is 0 Å². The van der Waals surface area contributed by atoms with E-state index in [1.54, 1.807) is 7.11 Å². The topological polar surface area (TPSA) is 41.6 Å². The van der Waals surface area contributed by atoms with Gasteiger partial charge in [-0.15, -0.1) is 0 Å². The lowest BCUT2D eigenvalue weighted by Gasteiger charge is -2.40. The Morgan fingerprint density at radius 2 is 2.09 bits per heavy atom. The summed E-state index contributed by atoms with van der Waals surface area (Å²) in [4.78, 5) is 14.2. The first-order chi connectivity index (χ1) is 11.2. The second-order valence-electron chi connectivity index (χ2n) is 7.00. The summed E-state index contributed by atoms with van der Waals surface area (Å²) in [6.07, 6.45) is 4.51. The van der Waals surface area contributed by atoms with Crippen LogP contribution in [-0.2, 0) is 4.79 Å². The molecule has 0 radical (unpaired) electrons. The lowest BCUT2D eigenvalue weighted by atomic mass is 9.88. The fourth-order valence-corrected chi connectivity index (χ4v) is 4.07. The van der Waals surface area contributed by atoms with Crippen molar-refractivity contribution in [3.8, 4) is 5.75 Å². The van der Waals surface area contributed by atoms with Crippen molar-refractivity contribution in [3.63, 3.8) is 0 Å². The van der Waals surface area contributed by atoms with Crippen LogP contribution in [0.4, 0.5) is 0 Å². The first-order valence-electron chi connectivity index (χ1n) is 8.82. The van der Waals surface area contributed by atoms with Gasteiger partial charge in [0.25, 0.3) is 0 Å². The Labute approximate surface area is 139 Å². The quantitative estimate of drug-likeness (QED) is 0.908. The van der Waals surface area contributed by atoms with Crippen LogP contribution in [0.15, 0.2) is 24.3 Å². The summed E-state index contributed by atoms with van der Waals surface area (Å²) in [6.45, 7) is 5.39. The average Bonchev–Trinajstić information content (AvgIpc) is 3.01. The normalized spacial score (nSPS) is 26.8. The van der Waals surface area contributed by atoms with E-state index in [4.69, 9.17) is 4.74 Å². The fourth-order valence-electron chi connectivity index (χ4n) is 4.07. The van der Waals surface area contributed by atoms with E-state index >= 15 is 0 Å². The van der Waals surface area contributed by atoms with Crippen LogP contribution in [-0.4, -0.2) is 43.6 Å². The Balaban J connectivity index is 1.64. The lowest BCUT2D eigenvalue weighted by molar-refractivity contribution is -0.119. The zero-order chi connectivity index (χ0) is 16.2. The third-order valence-corrected chi connectivity index (χ3v) is 5.41. The molecule has 0 spiro atoms. The molecule has 126 valence electrons. The van der Waals surface area contributed by atoms with Gasteiger partial charge in [-0.25, -0.2) is 0 Å². The molecule has 4 heteroatoms. The monoisotopic (exact) mass is 316 g/mol. The predicted octanol–water partition coefficient (Wildman–Crippen LogP) is 2.79. The summed E-state index contributed by atoms with van der Waals surface area (Å²) in [5, 5.41) is 3.01. The van der Waals surface area contributed by atoms with Crippen LogP contribution < -0.4 is 10.1 Å². The summed E-state index contributed by atoms with van der Waals surface area (Å²) in [7, 11) is 1.70. The van der Waals surface area contributed by atoms with Crippen molar-refractivity contribution in [2.45, 2.75) is 44.6 Å². The van der Waals surface area contributed by atoms with Crippen molar-refractivity contribution >= 4 is 5.91 Å². The Morgan fingerprint density at radius 3 is 2.74 bits per heavy atom. The van der Waals surface area contributed by atoms with Crippen molar-refractivity contribution in [1.82, 2.24) is 10.2 Å². The number of nitrogens with zero attached hydrogens (tertiary/aromatic N) is 1. The number of methoxy groups -OCH3 is 1. The molecular formula is C19H28N2O2. The van der Waals surface area contributed by atoms with E-state index in [9.17, 15) is 4.79 Å². The van der Waals surface area contributed by atoms with Crippen LogP contribution in [0.25, 0.3) is 0 Å². The molecule has 0 aliphatic carbocycles. The van der Waals surface area contributed by atoms with Gasteiger partial charge in [-0.05, 0) is 43.0 Å². The SMILES string of the molecule is COc1ccc([C@H](C)CN2CCCC[C@H]2[C@H]2CNC(=O)C2)cc1. The van der Waals surface area contributed by atoms with Crippen LogP contribution in [0.1, 0.15) is 44.1 Å². The highest BCUT2D eigenvalue weighted by atomic mass is 16.5. The molecule has 2 saturated heterocycles. The number of nitrogens with one attached hydrogen (secondary N) is 1. The van der Waals surface area contributed by atoms with Crippen molar-refractivity contribution in [2.75, 3.05) is 26.7 Å². The van der Waals surface area contributed by atoms with Crippen LogP contribution in [0, 0.1) is 5.92 Å². The number of benzene rings is 1. The highest BCUT2D eigenvalue weighted by Gasteiger charge is 2.34. The van der Waals surface area contributed by atoms with Gasteiger partial charge in [0, 0.05) is 31.5 Å². The van der Waals surface area contributed by atoms with Gasteiger partial charge in [-0.2, -0.15) is 0 Å². The summed E-state index contributed by atoms with van der Waals surface area (Å²) < 4.78 is 5.24. The molecule has 0 saturated carbocycles. The molecular weight excluding hydrogens is 288 g/mol. The second-order valence-corrected chi connectivity index (χ2v) is 7.00. The Morgan fingerprint density at radius 1 is 1.30 bits per heavy atom. The number of likely N-dealkylation sites (tertiary alicyclic amines) is 1. The van der Waals surface area contributed by atoms with Gasteiger partial charge >= 0.3 is 0 Å². The zero-order valence-electron chi connectivity index (χ0n) is 14.3. The molecule has 1 amide bonds. The lowest BCUT2D eigenvalue weighted by Crippen LogP contribution is -2.46. The number of hydrogen-bond donors (Lipinski definition) is 1. The molecule has 23 heavy (non-hydrogen) atoms. The van der Waals surface area contributed by atoms with Gasteiger partial charge in [0.2, 0.25) is 5.91 Å². The maximum Gasteiger partial charge on any atom is 0.220 e. The Hall–Kier alpha value is -1.55. The van der Waals surface area contributed by atoms with Crippen molar-refractivity contribution < 1.29 is 9.53 Å². The number of ether oxygens (including phenoxy) is 1. The second kappa shape index (κ2) is 7.35. The summed E-state index contributed by atoms with van der Waals surface area (Å²) in [5.41, 5.74) is 1.36. The molecule has 2 heterocycles. The summed E-state index contributed by atoms with van der Waals surface area (Å²) in [5.74, 6) is 2.12. The summed E-state index contributed by atoms with van der Waals surface area (Å²) >= 11 is 0. The van der Waals surface area contributed by atoms with Crippen LogP contribution >= 0.6 is 0 Å². The minimum Gasteiger partial charge on any atom is -0.497 e. The number of carbonyl (C=O) groups is 1. The average molecular weight is 316 g/mol. The number of carbonyl (C=O) groups excluding carboxylic acids is 1. The van der Waals surface area contributed by atoms with Gasteiger partial charge in [-0.3, -0.25) is 9.69 Å². The van der Waals surface area contributed by atoms with Gasteiger partial charge < -0.3 is 10.1 Å².